The van der Waals surface area contributed by atoms with Crippen LogP contribution in [-0.4, -0.2) is 25.5 Å². The maximum atomic E-state index is 11.0. The molecule has 0 aliphatic heterocycles. The third kappa shape index (κ3) is 5.33. The first-order valence-corrected chi connectivity index (χ1v) is 7.93. The lowest BCUT2D eigenvalue weighted by molar-refractivity contribution is 0.166. The highest BCUT2D eigenvalue weighted by molar-refractivity contribution is 7.90. The molecule has 3 nitrogen and oxygen atoms in total. The lowest BCUT2D eigenvalue weighted by Gasteiger charge is -2.11. The molecule has 0 amide bonds. The highest BCUT2D eigenvalue weighted by Gasteiger charge is 2.09. The van der Waals surface area contributed by atoms with Gasteiger partial charge in [0.2, 0.25) is 0 Å². The third-order valence-corrected chi connectivity index (χ3v) is 3.80. The van der Waals surface area contributed by atoms with E-state index in [9.17, 15) is 13.5 Å². The summed E-state index contributed by atoms with van der Waals surface area (Å²) in [5.74, 6) is 0.136. The van der Waals surface area contributed by atoms with Crippen LogP contribution in [0.3, 0.4) is 0 Å². The summed E-state index contributed by atoms with van der Waals surface area (Å²) in [5.41, 5.74) is 2.09. The molecular weight excluding hydrogens is 236 g/mol. The molecule has 0 bridgehead atoms. The second kappa shape index (κ2) is 6.17. The second-order valence-corrected chi connectivity index (χ2v) is 6.64. The molecule has 0 saturated heterocycles. The topological polar surface area (TPSA) is 54.4 Å². The average Bonchev–Trinajstić information content (AvgIpc) is 2.27. The van der Waals surface area contributed by atoms with Gasteiger partial charge in [0.25, 0.3) is 0 Å². The molecule has 1 aromatic rings. The molecule has 0 aliphatic rings. The van der Waals surface area contributed by atoms with Gasteiger partial charge in [-0.3, -0.25) is 0 Å². The van der Waals surface area contributed by atoms with Gasteiger partial charge in [-0.2, -0.15) is 0 Å². The van der Waals surface area contributed by atoms with Crippen molar-refractivity contribution in [3.8, 4) is 0 Å². The molecule has 0 aliphatic carbocycles. The SMILES string of the molecule is CCc1ccc(C(O)CCCS(C)(=O)=O)cc1. The predicted molar refractivity (Wildman–Crippen MR) is 69.7 cm³/mol. The van der Waals surface area contributed by atoms with Gasteiger partial charge in [0, 0.05) is 12.0 Å². The number of hydrogen-bond acceptors (Lipinski definition) is 3. The van der Waals surface area contributed by atoms with Crippen LogP contribution in [0, 0.1) is 0 Å². The Morgan fingerprint density at radius 1 is 1.24 bits per heavy atom. The quantitative estimate of drug-likeness (QED) is 0.848. The first-order valence-electron chi connectivity index (χ1n) is 5.87. The van der Waals surface area contributed by atoms with Gasteiger partial charge in [0.05, 0.1) is 6.10 Å². The van der Waals surface area contributed by atoms with Crippen LogP contribution in [0.5, 0.6) is 0 Å². The first kappa shape index (κ1) is 14.2. The summed E-state index contributed by atoms with van der Waals surface area (Å²) in [6, 6.07) is 7.80. The van der Waals surface area contributed by atoms with Crippen molar-refractivity contribution >= 4 is 9.84 Å². The Morgan fingerprint density at radius 2 is 1.82 bits per heavy atom. The predicted octanol–water partition coefficient (Wildman–Crippen LogP) is 2.11. The van der Waals surface area contributed by atoms with Crippen LogP contribution in [0.25, 0.3) is 0 Å². The minimum atomic E-state index is -2.92. The second-order valence-electron chi connectivity index (χ2n) is 4.38. The van der Waals surface area contributed by atoms with E-state index in [0.717, 1.165) is 12.0 Å². The monoisotopic (exact) mass is 256 g/mol. The zero-order valence-corrected chi connectivity index (χ0v) is 11.2. The first-order chi connectivity index (χ1) is 7.92. The van der Waals surface area contributed by atoms with Crippen LogP contribution in [0.1, 0.15) is 37.0 Å². The summed E-state index contributed by atoms with van der Waals surface area (Å²) in [4.78, 5) is 0. The lowest BCUT2D eigenvalue weighted by Crippen LogP contribution is -2.05. The number of rotatable bonds is 6. The molecular formula is C13H20O3S. The average molecular weight is 256 g/mol. The zero-order chi connectivity index (χ0) is 12.9. The molecule has 0 heterocycles. The zero-order valence-electron chi connectivity index (χ0n) is 10.4. The Hall–Kier alpha value is -0.870. The Labute approximate surface area is 103 Å². The molecule has 0 saturated carbocycles. The number of sulfone groups is 1. The van der Waals surface area contributed by atoms with Crippen molar-refractivity contribution in [2.75, 3.05) is 12.0 Å². The van der Waals surface area contributed by atoms with Crippen LogP contribution < -0.4 is 0 Å². The fraction of sp³-hybridized carbons (Fsp3) is 0.538. The molecule has 1 rings (SSSR count). The minimum Gasteiger partial charge on any atom is -0.388 e. The van der Waals surface area contributed by atoms with E-state index in [1.807, 2.05) is 24.3 Å². The summed E-state index contributed by atoms with van der Waals surface area (Å²) in [6.07, 6.45) is 2.61. The Morgan fingerprint density at radius 3 is 2.29 bits per heavy atom. The maximum absolute atomic E-state index is 11.0. The van der Waals surface area contributed by atoms with Crippen molar-refractivity contribution in [1.82, 2.24) is 0 Å². The van der Waals surface area contributed by atoms with Gasteiger partial charge in [-0.1, -0.05) is 31.2 Å². The molecule has 1 aromatic carbocycles. The maximum Gasteiger partial charge on any atom is 0.147 e. The fourth-order valence-electron chi connectivity index (χ4n) is 1.68. The van der Waals surface area contributed by atoms with Gasteiger partial charge in [-0.05, 0) is 30.4 Å². The Bertz CT molecular complexity index is 434. The van der Waals surface area contributed by atoms with Crippen molar-refractivity contribution < 1.29 is 13.5 Å². The number of aliphatic hydroxyl groups excluding tert-OH is 1. The van der Waals surface area contributed by atoms with Crippen molar-refractivity contribution in [2.24, 2.45) is 0 Å². The van der Waals surface area contributed by atoms with Crippen LogP contribution in [0.15, 0.2) is 24.3 Å². The smallest absolute Gasteiger partial charge is 0.147 e. The van der Waals surface area contributed by atoms with Crippen molar-refractivity contribution in [2.45, 2.75) is 32.3 Å². The van der Waals surface area contributed by atoms with E-state index < -0.39 is 15.9 Å². The molecule has 1 unspecified atom stereocenters. The third-order valence-electron chi connectivity index (χ3n) is 2.77. The van der Waals surface area contributed by atoms with E-state index in [0.29, 0.717) is 12.8 Å². The van der Waals surface area contributed by atoms with Crippen LogP contribution >= 0.6 is 0 Å². The highest BCUT2D eigenvalue weighted by atomic mass is 32.2. The molecule has 0 spiro atoms. The van der Waals surface area contributed by atoms with Gasteiger partial charge in [-0.15, -0.1) is 0 Å². The minimum absolute atomic E-state index is 0.136. The van der Waals surface area contributed by atoms with Crippen molar-refractivity contribution in [3.05, 3.63) is 35.4 Å². The summed E-state index contributed by atoms with van der Waals surface area (Å²) < 4.78 is 21.9. The molecule has 4 heteroatoms. The molecule has 0 radical (unpaired) electrons. The van der Waals surface area contributed by atoms with E-state index in [1.54, 1.807) is 0 Å². The number of hydrogen-bond donors (Lipinski definition) is 1. The van der Waals surface area contributed by atoms with E-state index in [4.69, 9.17) is 0 Å². The van der Waals surface area contributed by atoms with Crippen LogP contribution in [0.4, 0.5) is 0 Å². The molecule has 1 N–H and O–H groups in total. The normalized spacial score (nSPS) is 13.6. The molecule has 1 atom stereocenters. The molecule has 0 aromatic heterocycles. The van der Waals surface area contributed by atoms with E-state index >= 15 is 0 Å². The molecule has 17 heavy (non-hydrogen) atoms. The van der Waals surface area contributed by atoms with E-state index in [1.165, 1.54) is 11.8 Å². The van der Waals surface area contributed by atoms with Crippen molar-refractivity contribution in [1.29, 1.82) is 0 Å². The van der Waals surface area contributed by atoms with Gasteiger partial charge in [-0.25, -0.2) is 8.42 Å². The molecule has 96 valence electrons. The summed E-state index contributed by atoms with van der Waals surface area (Å²) >= 11 is 0. The largest absolute Gasteiger partial charge is 0.388 e. The number of aliphatic hydroxyl groups is 1. The number of benzene rings is 1. The molecule has 0 fully saturated rings. The van der Waals surface area contributed by atoms with Crippen LogP contribution in [-0.2, 0) is 16.3 Å². The fourth-order valence-corrected chi connectivity index (χ4v) is 2.37. The summed E-state index contributed by atoms with van der Waals surface area (Å²) in [5, 5.41) is 9.89. The van der Waals surface area contributed by atoms with Gasteiger partial charge >= 0.3 is 0 Å². The highest BCUT2D eigenvalue weighted by Crippen LogP contribution is 2.19. The number of aryl methyl sites for hydroxylation is 1. The van der Waals surface area contributed by atoms with Crippen molar-refractivity contribution in [3.63, 3.8) is 0 Å². The van der Waals surface area contributed by atoms with Gasteiger partial charge in [0.15, 0.2) is 0 Å². The van der Waals surface area contributed by atoms with E-state index in [2.05, 4.69) is 6.92 Å². The summed E-state index contributed by atoms with van der Waals surface area (Å²) in [7, 11) is -2.92. The van der Waals surface area contributed by atoms with Gasteiger partial charge < -0.3 is 5.11 Å². The Kier molecular flexibility index (Phi) is 5.15. The standard InChI is InChI=1S/C13H20O3S/c1-3-11-6-8-12(9-7-11)13(14)5-4-10-17(2,15)16/h6-9,13-14H,3-5,10H2,1-2H3. The lowest BCUT2D eigenvalue weighted by atomic mass is 10.0. The van der Waals surface area contributed by atoms with E-state index in [-0.39, 0.29) is 5.75 Å². The Balaban J connectivity index is 2.49. The summed E-state index contributed by atoms with van der Waals surface area (Å²) in [6.45, 7) is 2.08. The van der Waals surface area contributed by atoms with Gasteiger partial charge in [0.1, 0.15) is 9.84 Å². The van der Waals surface area contributed by atoms with Crippen LogP contribution in [0.2, 0.25) is 0 Å².